The van der Waals surface area contributed by atoms with E-state index < -0.39 is 0 Å². The van der Waals surface area contributed by atoms with Crippen molar-refractivity contribution in [3.8, 4) is 17.1 Å². The van der Waals surface area contributed by atoms with Crippen LogP contribution >= 0.6 is 0 Å². The van der Waals surface area contributed by atoms with Crippen LogP contribution < -0.4 is 10.6 Å². The molecule has 4 rings (SSSR count). The number of hydrogen-bond donors (Lipinski definition) is 2. The number of nitrogens with two attached hydrogens (primary N) is 1. The molecule has 0 fully saturated rings. The van der Waals surface area contributed by atoms with E-state index in [9.17, 15) is 4.79 Å². The van der Waals surface area contributed by atoms with Crippen molar-refractivity contribution < 1.29 is 9.53 Å². The smallest absolute Gasteiger partial charge is 0.297 e. The molecular formula is C24H22N6O2. The Balaban J connectivity index is 1.71. The summed E-state index contributed by atoms with van der Waals surface area (Å²) in [6, 6.07) is 21.4. The van der Waals surface area contributed by atoms with Crippen molar-refractivity contribution >= 4 is 23.2 Å². The van der Waals surface area contributed by atoms with Crippen LogP contribution in [0.3, 0.4) is 0 Å². The number of aromatic nitrogens is 2. The topological polar surface area (TPSA) is 119 Å². The van der Waals surface area contributed by atoms with Gasteiger partial charge < -0.3 is 10.6 Å². The van der Waals surface area contributed by atoms with E-state index in [2.05, 4.69) is 15.3 Å². The van der Waals surface area contributed by atoms with Crippen LogP contribution in [0, 0.1) is 5.41 Å². The zero-order chi connectivity index (χ0) is 22.5. The molecule has 32 heavy (non-hydrogen) atoms. The summed E-state index contributed by atoms with van der Waals surface area (Å²) in [5.41, 5.74) is 5.50. The maximum Gasteiger partial charge on any atom is 0.297 e. The third-order valence-electron chi connectivity index (χ3n) is 5.11. The Morgan fingerprint density at radius 3 is 2.62 bits per heavy atom. The SMILES string of the molecule is CCOc1nc2cccc(C=O)c2n1Cc1ccc(-c2ccccc2C(=N)N=NN)cc1. The third kappa shape index (κ3) is 3.98. The largest absolute Gasteiger partial charge is 0.465 e. The van der Waals surface area contributed by atoms with Crippen LogP contribution in [0.15, 0.2) is 77.1 Å². The minimum atomic E-state index is -0.000176. The van der Waals surface area contributed by atoms with E-state index in [1.165, 1.54) is 0 Å². The van der Waals surface area contributed by atoms with Crippen molar-refractivity contribution in [3.63, 3.8) is 0 Å². The van der Waals surface area contributed by atoms with Gasteiger partial charge in [-0.1, -0.05) is 59.8 Å². The van der Waals surface area contributed by atoms with Crippen molar-refractivity contribution in [1.82, 2.24) is 9.55 Å². The number of hydrogen-bond acceptors (Lipinski definition) is 5. The average Bonchev–Trinajstić information content (AvgIpc) is 3.17. The van der Waals surface area contributed by atoms with Gasteiger partial charge in [-0.3, -0.25) is 14.8 Å². The van der Waals surface area contributed by atoms with Gasteiger partial charge in [-0.05, 0) is 35.7 Å². The molecule has 3 aromatic carbocycles. The summed E-state index contributed by atoms with van der Waals surface area (Å²) in [5, 5.41) is 15.0. The molecule has 0 unspecified atom stereocenters. The summed E-state index contributed by atoms with van der Waals surface area (Å²) in [4.78, 5) is 16.2. The Hall–Kier alpha value is -4.33. The van der Waals surface area contributed by atoms with Crippen LogP contribution in [-0.2, 0) is 6.54 Å². The van der Waals surface area contributed by atoms with Crippen LogP contribution in [0.2, 0.25) is 0 Å². The number of aldehydes is 1. The normalized spacial score (nSPS) is 11.2. The predicted molar refractivity (Wildman–Crippen MR) is 123 cm³/mol. The highest BCUT2D eigenvalue weighted by Gasteiger charge is 2.16. The Kier molecular flexibility index (Phi) is 6.03. The summed E-state index contributed by atoms with van der Waals surface area (Å²) in [6.45, 7) is 2.87. The van der Waals surface area contributed by atoms with Crippen LogP contribution in [0.1, 0.15) is 28.4 Å². The molecule has 1 aromatic heterocycles. The first-order valence-electron chi connectivity index (χ1n) is 10.1. The second-order valence-corrected chi connectivity index (χ2v) is 7.05. The summed E-state index contributed by atoms with van der Waals surface area (Å²) in [5.74, 6) is 5.11. The lowest BCUT2D eigenvalue weighted by molar-refractivity contribution is 0.112. The van der Waals surface area contributed by atoms with Crippen LogP contribution in [0.4, 0.5) is 0 Å². The molecule has 0 amide bonds. The Morgan fingerprint density at radius 1 is 1.12 bits per heavy atom. The van der Waals surface area contributed by atoms with Crippen molar-refractivity contribution in [3.05, 3.63) is 83.4 Å². The zero-order valence-corrected chi connectivity index (χ0v) is 17.5. The lowest BCUT2D eigenvalue weighted by Gasteiger charge is -2.12. The van der Waals surface area contributed by atoms with E-state index in [1.54, 1.807) is 6.07 Å². The molecule has 0 aliphatic carbocycles. The molecule has 0 spiro atoms. The summed E-state index contributed by atoms with van der Waals surface area (Å²) >= 11 is 0. The minimum Gasteiger partial charge on any atom is -0.465 e. The van der Waals surface area contributed by atoms with Crippen LogP contribution in [-0.4, -0.2) is 28.3 Å². The average molecular weight is 426 g/mol. The van der Waals surface area contributed by atoms with Crippen molar-refractivity contribution in [2.45, 2.75) is 13.5 Å². The van der Waals surface area contributed by atoms with Gasteiger partial charge in [0.15, 0.2) is 12.1 Å². The molecule has 0 atom stereocenters. The number of para-hydroxylation sites is 1. The second-order valence-electron chi connectivity index (χ2n) is 7.05. The van der Waals surface area contributed by atoms with Gasteiger partial charge in [-0.25, -0.2) is 0 Å². The van der Waals surface area contributed by atoms with Gasteiger partial charge in [0.2, 0.25) is 0 Å². The quantitative estimate of drug-likeness (QED) is 0.112. The van der Waals surface area contributed by atoms with Crippen LogP contribution in [0.25, 0.3) is 22.2 Å². The van der Waals surface area contributed by atoms with E-state index in [1.807, 2.05) is 72.2 Å². The summed E-state index contributed by atoms with van der Waals surface area (Å²) in [7, 11) is 0. The van der Waals surface area contributed by atoms with Gasteiger partial charge in [-0.15, -0.1) is 5.11 Å². The standard InChI is InChI=1S/C24H22N6O2/c1-2-32-24-27-21-9-5-6-18(15-31)22(21)30(24)14-16-10-12-17(13-11-16)19-7-3-4-8-20(19)23(25)28-29-26/h3-13,15H,2,14H2,1H3,(H3,25,26,28). The number of nitrogens with zero attached hydrogens (tertiary/aromatic N) is 4. The monoisotopic (exact) mass is 426 g/mol. The number of amidine groups is 1. The van der Waals surface area contributed by atoms with Gasteiger partial charge in [0.05, 0.1) is 24.2 Å². The highest BCUT2D eigenvalue weighted by Crippen LogP contribution is 2.28. The van der Waals surface area contributed by atoms with Crippen molar-refractivity contribution in [1.29, 1.82) is 5.41 Å². The molecule has 3 N–H and O–H groups in total. The third-order valence-corrected chi connectivity index (χ3v) is 5.11. The first kappa shape index (κ1) is 20.9. The number of carbonyl (C=O) groups is 1. The zero-order valence-electron chi connectivity index (χ0n) is 17.5. The fourth-order valence-corrected chi connectivity index (χ4v) is 3.70. The molecule has 0 aliphatic heterocycles. The fourth-order valence-electron chi connectivity index (χ4n) is 3.70. The maximum atomic E-state index is 11.6. The van der Waals surface area contributed by atoms with Gasteiger partial charge >= 0.3 is 0 Å². The van der Waals surface area contributed by atoms with Gasteiger partial charge in [0, 0.05) is 11.1 Å². The number of nitrogens with one attached hydrogen (secondary N) is 1. The van der Waals surface area contributed by atoms with Crippen molar-refractivity contribution in [2.24, 2.45) is 16.2 Å². The molecule has 0 radical (unpaired) electrons. The number of imidazole rings is 1. The highest BCUT2D eigenvalue weighted by atomic mass is 16.5. The molecule has 0 saturated heterocycles. The van der Waals surface area contributed by atoms with Gasteiger partial charge in [0.1, 0.15) is 0 Å². The molecule has 0 bridgehead atoms. The molecule has 0 aliphatic rings. The lowest BCUT2D eigenvalue weighted by Crippen LogP contribution is -2.06. The van der Waals surface area contributed by atoms with Gasteiger partial charge in [0.25, 0.3) is 6.01 Å². The molecule has 8 nitrogen and oxygen atoms in total. The molecular weight excluding hydrogens is 404 g/mol. The number of carbonyl (C=O) groups excluding carboxylic acids is 1. The minimum absolute atomic E-state index is 0.000176. The summed E-state index contributed by atoms with van der Waals surface area (Å²) < 4.78 is 7.65. The molecule has 160 valence electrons. The highest BCUT2D eigenvalue weighted by molar-refractivity contribution is 6.02. The number of benzene rings is 3. The molecule has 0 saturated carbocycles. The van der Waals surface area contributed by atoms with E-state index in [4.69, 9.17) is 16.0 Å². The molecule has 4 aromatic rings. The number of rotatable bonds is 7. The maximum absolute atomic E-state index is 11.6. The van der Waals surface area contributed by atoms with Crippen LogP contribution in [0.5, 0.6) is 6.01 Å². The van der Waals surface area contributed by atoms with E-state index in [0.717, 1.165) is 34.0 Å². The first-order chi connectivity index (χ1) is 15.7. The Bertz CT molecular complexity index is 1310. The van der Waals surface area contributed by atoms with E-state index in [0.29, 0.717) is 30.3 Å². The Morgan fingerprint density at radius 2 is 1.91 bits per heavy atom. The van der Waals surface area contributed by atoms with Crippen molar-refractivity contribution in [2.75, 3.05) is 6.61 Å². The second kappa shape index (κ2) is 9.22. The molecule has 8 heteroatoms. The fraction of sp³-hybridized carbons (Fsp3) is 0.125. The molecule has 1 heterocycles. The predicted octanol–water partition coefficient (Wildman–Crippen LogP) is 4.61. The van der Waals surface area contributed by atoms with Gasteiger partial charge in [-0.2, -0.15) is 4.98 Å². The first-order valence-corrected chi connectivity index (χ1v) is 10.1. The van der Waals surface area contributed by atoms with E-state index in [-0.39, 0.29) is 5.84 Å². The summed E-state index contributed by atoms with van der Waals surface area (Å²) in [6.07, 6.45) is 0.837. The number of fused-ring (bicyclic) bond motifs is 1. The Labute approximate surface area is 184 Å². The van der Waals surface area contributed by atoms with E-state index >= 15 is 0 Å². The lowest BCUT2D eigenvalue weighted by atomic mass is 9.98. The number of ether oxygens (including phenoxy) is 1.